The van der Waals surface area contributed by atoms with E-state index in [0.717, 1.165) is 38.2 Å². The van der Waals surface area contributed by atoms with Gasteiger partial charge >= 0.3 is 5.00 Å². The van der Waals surface area contributed by atoms with Gasteiger partial charge < -0.3 is 0 Å². The van der Waals surface area contributed by atoms with Crippen LogP contribution in [-0.2, 0) is 6.54 Å². The standard InChI is InChI=1S/C20H16N4O3S2/c1-12-8-13(2)18-16(9-12)29-20(22-18)23(11-14-4-3-7-21-10-14)19(25)15-5-6-17(28-15)24(26)27/h3-10H,11H2,1-2H3. The lowest BCUT2D eigenvalue weighted by atomic mass is 10.1. The highest BCUT2D eigenvalue weighted by Crippen LogP contribution is 2.34. The molecule has 3 heterocycles. The van der Waals surface area contributed by atoms with Gasteiger partial charge in [0.2, 0.25) is 0 Å². The minimum atomic E-state index is -0.489. The number of carbonyl (C=O) groups is 1. The largest absolute Gasteiger partial charge is 0.324 e. The average molecular weight is 425 g/mol. The van der Waals surface area contributed by atoms with Crippen LogP contribution in [-0.4, -0.2) is 20.8 Å². The SMILES string of the molecule is Cc1cc(C)c2nc(N(Cc3cccnc3)C(=O)c3ccc([N+](=O)[O-])s3)sc2c1. The van der Waals surface area contributed by atoms with Crippen molar-refractivity contribution in [3.05, 3.63) is 80.5 Å². The van der Waals surface area contributed by atoms with Crippen molar-refractivity contribution in [1.82, 2.24) is 9.97 Å². The summed E-state index contributed by atoms with van der Waals surface area (Å²) in [6.07, 6.45) is 3.36. The van der Waals surface area contributed by atoms with Crippen LogP contribution in [0.5, 0.6) is 0 Å². The number of pyridine rings is 1. The molecular formula is C20H16N4O3S2. The minimum absolute atomic E-state index is 0.0644. The molecule has 0 radical (unpaired) electrons. The van der Waals surface area contributed by atoms with Gasteiger partial charge in [-0.2, -0.15) is 0 Å². The van der Waals surface area contributed by atoms with Gasteiger partial charge in [0.25, 0.3) is 5.91 Å². The van der Waals surface area contributed by atoms with E-state index in [1.165, 1.54) is 23.5 Å². The second-order valence-electron chi connectivity index (χ2n) is 6.57. The topological polar surface area (TPSA) is 89.2 Å². The summed E-state index contributed by atoms with van der Waals surface area (Å²) in [6.45, 7) is 4.29. The van der Waals surface area contributed by atoms with E-state index in [2.05, 4.69) is 11.1 Å². The molecule has 7 nitrogen and oxygen atoms in total. The fourth-order valence-corrected chi connectivity index (χ4v) is 4.96. The number of aryl methyl sites for hydroxylation is 2. The summed E-state index contributed by atoms with van der Waals surface area (Å²) in [7, 11) is 0. The highest BCUT2D eigenvalue weighted by Gasteiger charge is 2.25. The number of fused-ring (bicyclic) bond motifs is 1. The number of carbonyl (C=O) groups excluding carboxylic acids is 1. The van der Waals surface area contributed by atoms with Gasteiger partial charge in [0.05, 0.1) is 26.6 Å². The van der Waals surface area contributed by atoms with Crippen LogP contribution in [0.25, 0.3) is 10.2 Å². The van der Waals surface area contributed by atoms with Gasteiger partial charge in [-0.1, -0.05) is 34.8 Å². The van der Waals surface area contributed by atoms with Crippen LogP contribution in [0, 0.1) is 24.0 Å². The lowest BCUT2D eigenvalue weighted by Gasteiger charge is -2.19. The Morgan fingerprint density at radius 1 is 1.21 bits per heavy atom. The van der Waals surface area contributed by atoms with E-state index < -0.39 is 4.92 Å². The Morgan fingerprint density at radius 2 is 2.03 bits per heavy atom. The van der Waals surface area contributed by atoms with Crippen molar-refractivity contribution in [3.63, 3.8) is 0 Å². The van der Waals surface area contributed by atoms with E-state index in [4.69, 9.17) is 4.98 Å². The molecule has 0 bridgehead atoms. The Bertz CT molecular complexity index is 1220. The van der Waals surface area contributed by atoms with Gasteiger partial charge in [0.1, 0.15) is 0 Å². The number of anilines is 1. The molecular weight excluding hydrogens is 408 g/mol. The molecule has 0 aliphatic rings. The number of rotatable bonds is 5. The zero-order valence-electron chi connectivity index (χ0n) is 15.7. The third-order valence-electron chi connectivity index (χ3n) is 4.34. The second kappa shape index (κ2) is 7.69. The summed E-state index contributed by atoms with van der Waals surface area (Å²) in [5.41, 5.74) is 3.88. The number of nitrogens with zero attached hydrogens (tertiary/aromatic N) is 4. The fourth-order valence-electron chi connectivity index (χ4n) is 3.05. The maximum absolute atomic E-state index is 13.3. The summed E-state index contributed by atoms with van der Waals surface area (Å²) in [5, 5.41) is 11.5. The summed E-state index contributed by atoms with van der Waals surface area (Å²) < 4.78 is 0.999. The molecule has 0 saturated heterocycles. The quantitative estimate of drug-likeness (QED) is 0.327. The molecule has 0 saturated carbocycles. The second-order valence-corrected chi connectivity index (χ2v) is 8.64. The number of nitro groups is 1. The predicted molar refractivity (Wildman–Crippen MR) is 115 cm³/mol. The monoisotopic (exact) mass is 424 g/mol. The molecule has 0 spiro atoms. The number of hydrogen-bond acceptors (Lipinski definition) is 7. The normalized spacial score (nSPS) is 11.0. The molecule has 29 heavy (non-hydrogen) atoms. The van der Waals surface area contributed by atoms with Crippen molar-refractivity contribution in [2.75, 3.05) is 4.90 Å². The molecule has 9 heteroatoms. The molecule has 0 unspecified atom stereocenters. The first-order valence-corrected chi connectivity index (χ1v) is 10.4. The predicted octanol–water partition coefficient (Wildman–Crippen LogP) is 5.12. The Labute approximate surface area is 174 Å². The molecule has 0 atom stereocenters. The van der Waals surface area contributed by atoms with Gasteiger partial charge in [-0.25, -0.2) is 4.98 Å². The maximum atomic E-state index is 13.3. The van der Waals surface area contributed by atoms with Gasteiger partial charge in [0, 0.05) is 18.5 Å². The van der Waals surface area contributed by atoms with Gasteiger partial charge in [-0.3, -0.25) is 24.8 Å². The molecule has 146 valence electrons. The van der Waals surface area contributed by atoms with Crippen molar-refractivity contribution in [1.29, 1.82) is 0 Å². The van der Waals surface area contributed by atoms with E-state index in [1.807, 2.05) is 26.0 Å². The molecule has 4 rings (SSSR count). The summed E-state index contributed by atoms with van der Waals surface area (Å²) in [4.78, 5) is 34.5. The van der Waals surface area contributed by atoms with E-state index in [-0.39, 0.29) is 17.5 Å². The highest BCUT2D eigenvalue weighted by atomic mass is 32.1. The van der Waals surface area contributed by atoms with Crippen molar-refractivity contribution in [3.8, 4) is 0 Å². The van der Waals surface area contributed by atoms with Gasteiger partial charge in [-0.15, -0.1) is 0 Å². The van der Waals surface area contributed by atoms with Crippen LogP contribution < -0.4 is 4.90 Å². The Balaban J connectivity index is 1.78. The lowest BCUT2D eigenvalue weighted by Crippen LogP contribution is -2.29. The van der Waals surface area contributed by atoms with Crippen molar-refractivity contribution in [2.45, 2.75) is 20.4 Å². The summed E-state index contributed by atoms with van der Waals surface area (Å²) in [6, 6.07) is 10.6. The van der Waals surface area contributed by atoms with Crippen molar-refractivity contribution < 1.29 is 9.72 Å². The van der Waals surface area contributed by atoms with Crippen LogP contribution in [0.2, 0.25) is 0 Å². The molecule has 1 amide bonds. The van der Waals surface area contributed by atoms with E-state index in [1.54, 1.807) is 23.4 Å². The molecule has 3 aromatic heterocycles. The van der Waals surface area contributed by atoms with E-state index >= 15 is 0 Å². The minimum Gasteiger partial charge on any atom is -0.279 e. The van der Waals surface area contributed by atoms with Crippen LogP contribution in [0.1, 0.15) is 26.4 Å². The molecule has 4 aromatic rings. The zero-order valence-corrected chi connectivity index (χ0v) is 17.3. The Kier molecular flexibility index (Phi) is 5.08. The van der Waals surface area contributed by atoms with Crippen LogP contribution in [0.4, 0.5) is 10.1 Å². The average Bonchev–Trinajstić information content (AvgIpc) is 3.34. The number of aromatic nitrogens is 2. The maximum Gasteiger partial charge on any atom is 0.324 e. The number of thiophene rings is 1. The number of thiazole rings is 1. The summed E-state index contributed by atoms with van der Waals surface area (Å²) in [5.74, 6) is -0.319. The van der Waals surface area contributed by atoms with Crippen molar-refractivity contribution in [2.24, 2.45) is 0 Å². The van der Waals surface area contributed by atoms with Gasteiger partial charge in [0.15, 0.2) is 5.13 Å². The Hall–Kier alpha value is -3.17. The first kappa shape index (κ1) is 19.2. The van der Waals surface area contributed by atoms with Gasteiger partial charge in [-0.05, 0) is 48.7 Å². The van der Waals surface area contributed by atoms with Crippen LogP contribution in [0.3, 0.4) is 0 Å². The molecule has 0 aliphatic carbocycles. The van der Waals surface area contributed by atoms with Crippen molar-refractivity contribution >= 4 is 48.9 Å². The number of hydrogen-bond donors (Lipinski definition) is 0. The highest BCUT2D eigenvalue weighted by molar-refractivity contribution is 7.22. The van der Waals surface area contributed by atoms with Crippen LogP contribution >= 0.6 is 22.7 Å². The first-order chi connectivity index (χ1) is 13.9. The molecule has 0 aliphatic heterocycles. The van der Waals surface area contributed by atoms with Crippen LogP contribution in [0.15, 0.2) is 48.8 Å². The van der Waals surface area contributed by atoms with E-state index in [9.17, 15) is 14.9 Å². The lowest BCUT2D eigenvalue weighted by molar-refractivity contribution is -0.380. The number of benzene rings is 1. The van der Waals surface area contributed by atoms with E-state index in [0.29, 0.717) is 10.0 Å². The zero-order chi connectivity index (χ0) is 20.5. The number of amides is 1. The fraction of sp³-hybridized carbons (Fsp3) is 0.150. The summed E-state index contributed by atoms with van der Waals surface area (Å²) >= 11 is 2.30. The third-order valence-corrected chi connectivity index (χ3v) is 6.39. The Morgan fingerprint density at radius 3 is 2.72 bits per heavy atom. The molecule has 0 N–H and O–H groups in total. The first-order valence-electron chi connectivity index (χ1n) is 8.75. The smallest absolute Gasteiger partial charge is 0.279 e. The molecule has 1 aromatic carbocycles. The molecule has 0 fully saturated rings. The third kappa shape index (κ3) is 3.87.